The lowest BCUT2D eigenvalue weighted by Gasteiger charge is -2.21. The molecular formula is C86H168O17P2. The largest absolute Gasteiger partial charge is 0.472 e. The van der Waals surface area contributed by atoms with Crippen LogP contribution < -0.4 is 0 Å². The van der Waals surface area contributed by atoms with Crippen molar-refractivity contribution >= 4 is 39.5 Å². The van der Waals surface area contributed by atoms with E-state index in [1.807, 2.05) is 0 Å². The zero-order valence-corrected chi connectivity index (χ0v) is 70.8. The van der Waals surface area contributed by atoms with Gasteiger partial charge in [0.15, 0.2) is 12.2 Å². The molecule has 0 aliphatic rings. The molecule has 0 rings (SSSR count). The molecule has 0 saturated carbocycles. The Bertz CT molecular complexity index is 2010. The van der Waals surface area contributed by atoms with Gasteiger partial charge >= 0.3 is 39.5 Å². The van der Waals surface area contributed by atoms with Gasteiger partial charge in [-0.15, -0.1) is 0 Å². The maximum atomic E-state index is 13.1. The van der Waals surface area contributed by atoms with Crippen molar-refractivity contribution in [3.05, 3.63) is 0 Å². The number of aliphatic hydroxyl groups is 1. The molecule has 0 aromatic carbocycles. The van der Waals surface area contributed by atoms with Crippen molar-refractivity contribution in [2.75, 3.05) is 39.6 Å². The fourth-order valence-electron chi connectivity index (χ4n) is 13.4. The lowest BCUT2D eigenvalue weighted by atomic mass is 10.0. The van der Waals surface area contributed by atoms with Crippen LogP contribution in [0, 0.1) is 11.8 Å². The van der Waals surface area contributed by atoms with E-state index in [0.717, 1.165) is 102 Å². The number of hydrogen-bond donors (Lipinski definition) is 3. The van der Waals surface area contributed by atoms with E-state index in [2.05, 4.69) is 41.5 Å². The predicted molar refractivity (Wildman–Crippen MR) is 432 cm³/mol. The van der Waals surface area contributed by atoms with Crippen LogP contribution in [-0.4, -0.2) is 96.7 Å². The predicted octanol–water partition coefficient (Wildman–Crippen LogP) is 26.2. The van der Waals surface area contributed by atoms with E-state index in [-0.39, 0.29) is 25.7 Å². The number of unbranched alkanes of at least 4 members (excludes halogenated alkanes) is 55. The first-order chi connectivity index (χ1) is 50.9. The van der Waals surface area contributed by atoms with E-state index in [1.165, 1.54) is 276 Å². The molecule has 0 aliphatic carbocycles. The van der Waals surface area contributed by atoms with Gasteiger partial charge in [-0.25, -0.2) is 9.13 Å². The van der Waals surface area contributed by atoms with Gasteiger partial charge in [-0.1, -0.05) is 408 Å². The SMILES string of the molecule is CCCCCCCCCCCCCCCCCCCCCCCCC(=O)O[C@H](COC(=O)CCCCCCCCCCCCCCCCCCCCC(C)C)COP(=O)(O)OC[C@@H](O)COP(=O)(O)OC[C@@H](COC(=O)CCCCCCCCCCCCC)OC(=O)CCCCCCCCCCC(C)C. The first kappa shape index (κ1) is 103. The first-order valence-electron chi connectivity index (χ1n) is 44.5. The summed E-state index contributed by atoms with van der Waals surface area (Å²) in [6.07, 6.45) is 69.7. The summed E-state index contributed by atoms with van der Waals surface area (Å²) in [7, 11) is -9.92. The van der Waals surface area contributed by atoms with E-state index in [1.54, 1.807) is 0 Å². The summed E-state index contributed by atoms with van der Waals surface area (Å²) >= 11 is 0. The molecule has 0 saturated heterocycles. The number of rotatable bonds is 85. The van der Waals surface area contributed by atoms with Gasteiger partial charge in [0.05, 0.1) is 26.4 Å². The van der Waals surface area contributed by atoms with Crippen LogP contribution in [-0.2, 0) is 65.4 Å². The molecule has 17 nitrogen and oxygen atoms in total. The van der Waals surface area contributed by atoms with Crippen LogP contribution in [0.3, 0.4) is 0 Å². The lowest BCUT2D eigenvalue weighted by Crippen LogP contribution is -2.30. The van der Waals surface area contributed by atoms with Gasteiger partial charge in [0, 0.05) is 25.7 Å². The number of carbonyl (C=O) groups excluding carboxylic acids is 4. The van der Waals surface area contributed by atoms with Crippen molar-refractivity contribution in [1.29, 1.82) is 0 Å². The van der Waals surface area contributed by atoms with Gasteiger partial charge in [0.25, 0.3) is 0 Å². The second-order valence-electron chi connectivity index (χ2n) is 31.9. The minimum Gasteiger partial charge on any atom is -0.462 e. The number of phosphoric ester groups is 2. The molecule has 19 heteroatoms. The third-order valence-electron chi connectivity index (χ3n) is 20.2. The normalized spacial score (nSPS) is 13.8. The standard InChI is InChI=1S/C86H168O17P2/c1-7-9-11-13-15-17-19-20-21-22-23-24-25-26-31-34-37-41-45-52-58-64-70-85(90)102-81(74-97-84(89)69-63-57-51-44-40-36-33-30-28-27-29-32-35-39-42-48-54-60-66-78(3)4)76-100-104(92,93)98-72-80(87)73-99-105(94,95)101-77-82(103-86(91)71-65-59-53-47-46-49-55-61-67-79(5)6)75-96-83(88)68-62-56-50-43-38-18-16-14-12-10-8-2/h78-82,87H,7-77H2,1-6H3,(H,92,93)(H,94,95)/t80-,81-,82-/m1/s1. The molecule has 0 fully saturated rings. The topological polar surface area (TPSA) is 237 Å². The molecule has 105 heavy (non-hydrogen) atoms. The smallest absolute Gasteiger partial charge is 0.462 e. The van der Waals surface area contributed by atoms with Crippen molar-refractivity contribution in [2.45, 2.75) is 477 Å². The third-order valence-corrected chi connectivity index (χ3v) is 22.1. The highest BCUT2D eigenvalue weighted by Gasteiger charge is 2.30. The summed E-state index contributed by atoms with van der Waals surface area (Å²) in [6.45, 7) is 9.65. The summed E-state index contributed by atoms with van der Waals surface area (Å²) in [4.78, 5) is 73.1. The summed E-state index contributed by atoms with van der Waals surface area (Å²) < 4.78 is 68.8. The molecule has 0 spiro atoms. The molecule has 0 aliphatic heterocycles. The van der Waals surface area contributed by atoms with E-state index in [0.29, 0.717) is 25.7 Å². The van der Waals surface area contributed by atoms with E-state index in [4.69, 9.17) is 37.0 Å². The Morgan fingerprint density at radius 3 is 0.648 bits per heavy atom. The maximum absolute atomic E-state index is 13.1. The molecule has 0 radical (unpaired) electrons. The second-order valence-corrected chi connectivity index (χ2v) is 34.8. The van der Waals surface area contributed by atoms with Gasteiger partial charge in [-0.05, 0) is 37.5 Å². The zero-order chi connectivity index (χ0) is 77.1. The van der Waals surface area contributed by atoms with E-state index < -0.39 is 97.5 Å². The van der Waals surface area contributed by atoms with Crippen LogP contribution in [0.15, 0.2) is 0 Å². The number of phosphoric acid groups is 2. The number of esters is 4. The average Bonchev–Trinajstić information content (AvgIpc) is 0.907. The molecule has 624 valence electrons. The van der Waals surface area contributed by atoms with E-state index in [9.17, 15) is 43.2 Å². The minimum absolute atomic E-state index is 0.105. The lowest BCUT2D eigenvalue weighted by molar-refractivity contribution is -0.161. The zero-order valence-electron chi connectivity index (χ0n) is 69.0. The van der Waals surface area contributed by atoms with Crippen molar-refractivity contribution in [2.24, 2.45) is 11.8 Å². The fraction of sp³-hybridized carbons (Fsp3) is 0.953. The van der Waals surface area contributed by atoms with Crippen molar-refractivity contribution in [1.82, 2.24) is 0 Å². The van der Waals surface area contributed by atoms with Crippen molar-refractivity contribution in [3.8, 4) is 0 Å². The van der Waals surface area contributed by atoms with Gasteiger partial charge in [0.1, 0.15) is 19.3 Å². The summed E-state index contributed by atoms with van der Waals surface area (Å²) in [5.74, 6) is -0.564. The second kappa shape index (κ2) is 77.4. The summed E-state index contributed by atoms with van der Waals surface area (Å²) in [5, 5.41) is 10.7. The quantitative estimate of drug-likeness (QED) is 0.0222. The van der Waals surface area contributed by atoms with Crippen LogP contribution in [0.2, 0.25) is 0 Å². The monoisotopic (exact) mass is 1540 g/mol. The number of ether oxygens (including phenoxy) is 4. The molecular weight excluding hydrogens is 1370 g/mol. The number of aliphatic hydroxyl groups excluding tert-OH is 1. The highest BCUT2D eigenvalue weighted by Crippen LogP contribution is 2.45. The Labute approximate surface area is 645 Å². The highest BCUT2D eigenvalue weighted by molar-refractivity contribution is 7.47. The van der Waals surface area contributed by atoms with E-state index >= 15 is 0 Å². The minimum atomic E-state index is -4.97. The van der Waals surface area contributed by atoms with Crippen LogP contribution in [0.25, 0.3) is 0 Å². The van der Waals surface area contributed by atoms with Gasteiger partial charge in [-0.3, -0.25) is 37.3 Å². The summed E-state index contributed by atoms with van der Waals surface area (Å²) in [5.41, 5.74) is 0. The summed E-state index contributed by atoms with van der Waals surface area (Å²) in [6, 6.07) is 0. The molecule has 0 bridgehead atoms. The van der Waals surface area contributed by atoms with Crippen molar-refractivity contribution < 1.29 is 80.2 Å². The highest BCUT2D eigenvalue weighted by atomic mass is 31.2. The van der Waals surface area contributed by atoms with Gasteiger partial charge < -0.3 is 33.8 Å². The molecule has 2 unspecified atom stereocenters. The van der Waals surface area contributed by atoms with Gasteiger partial charge in [-0.2, -0.15) is 0 Å². The first-order valence-corrected chi connectivity index (χ1v) is 47.5. The molecule has 0 aromatic rings. The Hall–Kier alpha value is -1.94. The fourth-order valence-corrected chi connectivity index (χ4v) is 15.0. The third kappa shape index (κ3) is 79.9. The Kier molecular flexibility index (Phi) is 76.0. The maximum Gasteiger partial charge on any atom is 0.472 e. The molecule has 5 atom stereocenters. The van der Waals surface area contributed by atoms with Crippen molar-refractivity contribution in [3.63, 3.8) is 0 Å². The Morgan fingerprint density at radius 2 is 0.438 bits per heavy atom. The molecule has 0 amide bonds. The van der Waals surface area contributed by atoms with Gasteiger partial charge in [0.2, 0.25) is 0 Å². The molecule has 3 N–H and O–H groups in total. The number of hydrogen-bond acceptors (Lipinski definition) is 15. The Balaban J connectivity index is 5.19. The van der Waals surface area contributed by atoms with Crippen LogP contribution >= 0.6 is 15.6 Å². The molecule has 0 aromatic heterocycles. The number of carbonyl (C=O) groups is 4. The Morgan fingerprint density at radius 1 is 0.257 bits per heavy atom. The molecule has 0 heterocycles. The average molecular weight is 1540 g/mol. The van der Waals surface area contributed by atoms with Crippen LogP contribution in [0.1, 0.15) is 459 Å². The van der Waals surface area contributed by atoms with Crippen LogP contribution in [0.5, 0.6) is 0 Å². The van der Waals surface area contributed by atoms with Crippen LogP contribution in [0.4, 0.5) is 0 Å².